The lowest BCUT2D eigenvalue weighted by Gasteiger charge is -2.37. The molecule has 5 nitrogen and oxygen atoms in total. The molecule has 2 heterocycles. The largest absolute Gasteiger partial charge is 0.375 e. The lowest BCUT2D eigenvalue weighted by molar-refractivity contribution is -0.00479. The molecule has 0 aromatic rings. The van der Waals surface area contributed by atoms with Crippen molar-refractivity contribution < 1.29 is 13.2 Å². The molecular formula is C12H23ClN2O3S. The molecular weight excluding hydrogens is 288 g/mol. The van der Waals surface area contributed by atoms with E-state index in [0.717, 1.165) is 19.3 Å². The third-order valence-electron chi connectivity index (χ3n) is 4.00. The van der Waals surface area contributed by atoms with Gasteiger partial charge in [0.2, 0.25) is 0 Å². The van der Waals surface area contributed by atoms with Crippen LogP contribution in [0.3, 0.4) is 0 Å². The highest BCUT2D eigenvalue weighted by Crippen LogP contribution is 2.23. The van der Waals surface area contributed by atoms with E-state index in [1.165, 1.54) is 0 Å². The molecule has 0 aromatic carbocycles. The Morgan fingerprint density at radius 3 is 2.47 bits per heavy atom. The van der Waals surface area contributed by atoms with Gasteiger partial charge >= 0.3 is 0 Å². The Hall–Kier alpha value is 0.120. The highest BCUT2D eigenvalue weighted by molar-refractivity contribution is 7.86. The van der Waals surface area contributed by atoms with E-state index in [1.54, 1.807) is 8.61 Å². The second-order valence-electron chi connectivity index (χ2n) is 5.26. The molecule has 0 N–H and O–H groups in total. The van der Waals surface area contributed by atoms with Gasteiger partial charge in [-0.2, -0.15) is 17.0 Å². The minimum Gasteiger partial charge on any atom is -0.375 e. The molecule has 2 fully saturated rings. The van der Waals surface area contributed by atoms with Crippen LogP contribution in [-0.4, -0.2) is 61.8 Å². The third kappa shape index (κ3) is 3.61. The Morgan fingerprint density at radius 1 is 1.21 bits per heavy atom. The Kier molecular flexibility index (Phi) is 5.48. The maximum atomic E-state index is 12.6. The Bertz CT molecular complexity index is 382. The van der Waals surface area contributed by atoms with Gasteiger partial charge in [0.05, 0.1) is 12.7 Å². The molecule has 1 atom stereocenters. The van der Waals surface area contributed by atoms with Crippen molar-refractivity contribution in [2.45, 2.75) is 32.3 Å². The van der Waals surface area contributed by atoms with Crippen molar-refractivity contribution in [1.82, 2.24) is 8.61 Å². The van der Waals surface area contributed by atoms with E-state index >= 15 is 0 Å². The number of morpholine rings is 1. The summed E-state index contributed by atoms with van der Waals surface area (Å²) in [6.45, 7) is 4.65. The van der Waals surface area contributed by atoms with Gasteiger partial charge in [0.15, 0.2) is 0 Å². The first-order valence-corrected chi connectivity index (χ1v) is 8.93. The van der Waals surface area contributed by atoms with Crippen molar-refractivity contribution in [3.8, 4) is 0 Å². The zero-order chi connectivity index (χ0) is 13.9. The van der Waals surface area contributed by atoms with E-state index in [-0.39, 0.29) is 6.10 Å². The molecule has 0 bridgehead atoms. The summed E-state index contributed by atoms with van der Waals surface area (Å²) in [6, 6.07) is 0. The Balaban J connectivity index is 1.98. The number of halogens is 1. The van der Waals surface area contributed by atoms with E-state index in [1.807, 2.05) is 6.92 Å². The van der Waals surface area contributed by atoms with Gasteiger partial charge in [0.25, 0.3) is 10.2 Å². The molecule has 2 aliphatic heterocycles. The predicted molar refractivity (Wildman–Crippen MR) is 75.5 cm³/mol. The zero-order valence-electron chi connectivity index (χ0n) is 11.4. The maximum absolute atomic E-state index is 12.6. The molecule has 0 radical (unpaired) electrons. The van der Waals surface area contributed by atoms with Crippen molar-refractivity contribution in [3.63, 3.8) is 0 Å². The molecule has 0 spiro atoms. The SMILES string of the molecule is CCC1CN(S(=O)(=O)N2CCC(CCl)CC2)CCO1. The van der Waals surface area contributed by atoms with Crippen LogP contribution in [0.15, 0.2) is 0 Å². The summed E-state index contributed by atoms with van der Waals surface area (Å²) in [5.41, 5.74) is 0. The molecule has 2 saturated heterocycles. The van der Waals surface area contributed by atoms with Crippen LogP contribution in [0.1, 0.15) is 26.2 Å². The summed E-state index contributed by atoms with van der Waals surface area (Å²) in [5, 5.41) is 0. The second kappa shape index (κ2) is 6.72. The van der Waals surface area contributed by atoms with E-state index in [4.69, 9.17) is 16.3 Å². The number of nitrogens with zero attached hydrogens (tertiary/aromatic N) is 2. The molecule has 0 amide bonds. The fourth-order valence-corrected chi connectivity index (χ4v) is 4.57. The standard InChI is InChI=1S/C12H23ClN2O3S/c1-2-12-10-15(7-8-18-12)19(16,17)14-5-3-11(9-13)4-6-14/h11-12H,2-10H2,1H3. The summed E-state index contributed by atoms with van der Waals surface area (Å²) in [5.74, 6) is 1.09. The molecule has 112 valence electrons. The molecule has 0 aliphatic carbocycles. The average molecular weight is 311 g/mol. The molecule has 2 aliphatic rings. The van der Waals surface area contributed by atoms with Gasteiger partial charge in [0, 0.05) is 32.1 Å². The number of hydrogen-bond acceptors (Lipinski definition) is 3. The van der Waals surface area contributed by atoms with Crippen molar-refractivity contribution in [2.75, 3.05) is 38.7 Å². The van der Waals surface area contributed by atoms with Gasteiger partial charge in [-0.15, -0.1) is 11.6 Å². The van der Waals surface area contributed by atoms with Crippen LogP contribution in [0.2, 0.25) is 0 Å². The average Bonchev–Trinajstić information content (AvgIpc) is 2.47. The summed E-state index contributed by atoms with van der Waals surface area (Å²) in [4.78, 5) is 0. The monoisotopic (exact) mass is 310 g/mol. The molecule has 2 rings (SSSR count). The van der Waals surface area contributed by atoms with Crippen LogP contribution in [-0.2, 0) is 14.9 Å². The first-order valence-electron chi connectivity index (χ1n) is 7.00. The van der Waals surface area contributed by atoms with E-state index in [9.17, 15) is 8.42 Å². The smallest absolute Gasteiger partial charge is 0.282 e. The number of piperidine rings is 1. The Morgan fingerprint density at radius 2 is 1.89 bits per heavy atom. The minimum atomic E-state index is -3.32. The predicted octanol–water partition coefficient (Wildman–Crippen LogP) is 1.29. The van der Waals surface area contributed by atoms with E-state index < -0.39 is 10.2 Å². The summed E-state index contributed by atoms with van der Waals surface area (Å²) < 4.78 is 33.8. The fourth-order valence-electron chi connectivity index (χ4n) is 2.61. The van der Waals surface area contributed by atoms with Crippen LogP contribution in [0, 0.1) is 5.92 Å². The van der Waals surface area contributed by atoms with Gasteiger partial charge in [-0.3, -0.25) is 0 Å². The van der Waals surface area contributed by atoms with Crippen LogP contribution in [0.25, 0.3) is 0 Å². The number of hydrogen-bond donors (Lipinski definition) is 0. The lowest BCUT2D eigenvalue weighted by atomic mass is 10.0. The lowest BCUT2D eigenvalue weighted by Crippen LogP contribution is -2.52. The minimum absolute atomic E-state index is 0.0314. The van der Waals surface area contributed by atoms with Gasteiger partial charge in [-0.1, -0.05) is 6.92 Å². The van der Waals surface area contributed by atoms with Crippen molar-refractivity contribution >= 4 is 21.8 Å². The van der Waals surface area contributed by atoms with Crippen LogP contribution < -0.4 is 0 Å². The number of alkyl halides is 1. The first-order chi connectivity index (χ1) is 9.07. The van der Waals surface area contributed by atoms with Gasteiger partial charge < -0.3 is 4.74 Å². The van der Waals surface area contributed by atoms with E-state index in [0.29, 0.717) is 44.6 Å². The van der Waals surface area contributed by atoms with Crippen molar-refractivity contribution in [2.24, 2.45) is 5.92 Å². The summed E-state index contributed by atoms with van der Waals surface area (Å²) in [6.07, 6.45) is 2.61. The Labute approximate surface area is 121 Å². The first kappa shape index (κ1) is 15.5. The molecule has 1 unspecified atom stereocenters. The molecule has 19 heavy (non-hydrogen) atoms. The summed E-state index contributed by atoms with van der Waals surface area (Å²) in [7, 11) is -3.32. The number of rotatable bonds is 4. The zero-order valence-corrected chi connectivity index (χ0v) is 13.0. The van der Waals surface area contributed by atoms with Gasteiger partial charge in [0.1, 0.15) is 0 Å². The van der Waals surface area contributed by atoms with Crippen LogP contribution in [0.4, 0.5) is 0 Å². The van der Waals surface area contributed by atoms with Crippen molar-refractivity contribution in [3.05, 3.63) is 0 Å². The fraction of sp³-hybridized carbons (Fsp3) is 1.00. The van der Waals surface area contributed by atoms with Gasteiger partial charge in [-0.25, -0.2) is 0 Å². The van der Waals surface area contributed by atoms with Crippen LogP contribution >= 0.6 is 11.6 Å². The normalized spacial score (nSPS) is 28.6. The quantitative estimate of drug-likeness (QED) is 0.735. The van der Waals surface area contributed by atoms with E-state index in [2.05, 4.69) is 0 Å². The highest BCUT2D eigenvalue weighted by atomic mass is 35.5. The molecule has 0 aromatic heterocycles. The second-order valence-corrected chi connectivity index (χ2v) is 7.50. The van der Waals surface area contributed by atoms with Gasteiger partial charge in [-0.05, 0) is 25.2 Å². The van der Waals surface area contributed by atoms with Crippen molar-refractivity contribution in [1.29, 1.82) is 0 Å². The van der Waals surface area contributed by atoms with Crippen LogP contribution in [0.5, 0.6) is 0 Å². The maximum Gasteiger partial charge on any atom is 0.282 e. The molecule has 0 saturated carbocycles. The topological polar surface area (TPSA) is 49.9 Å². The third-order valence-corrected chi connectivity index (χ3v) is 6.44. The summed E-state index contributed by atoms with van der Waals surface area (Å²) >= 11 is 5.83. The number of ether oxygens (including phenoxy) is 1. The highest BCUT2D eigenvalue weighted by Gasteiger charge is 2.35. The molecule has 7 heteroatoms.